The predicted octanol–water partition coefficient (Wildman–Crippen LogP) is 8.92. The van der Waals surface area contributed by atoms with E-state index in [1.165, 1.54) is 81.8 Å². The summed E-state index contributed by atoms with van der Waals surface area (Å²) in [6.45, 7) is 6.26. The summed E-state index contributed by atoms with van der Waals surface area (Å²) in [6, 6.07) is 21.6. The number of unbranched alkanes of at least 4 members (excludes halogenated alkanes) is 11. The van der Waals surface area contributed by atoms with Crippen LogP contribution in [0.4, 0.5) is 0 Å². The fraction of sp³-hybridized carbons (Fsp3) is 0.625. The monoisotopic (exact) mass is 465 g/mol. The van der Waals surface area contributed by atoms with Crippen LogP contribution in [0.2, 0.25) is 0 Å². The van der Waals surface area contributed by atoms with Crippen LogP contribution in [0.5, 0.6) is 0 Å². The molecule has 2 heteroatoms. The van der Waals surface area contributed by atoms with Gasteiger partial charge in [0.25, 0.3) is 0 Å². The maximum Gasteiger partial charge on any atom is 0.0695 e. The Balaban J connectivity index is 1.72. The summed E-state index contributed by atoms with van der Waals surface area (Å²) in [6.07, 6.45) is 17.9. The molecule has 0 heterocycles. The molecule has 0 radical (unpaired) electrons. The van der Waals surface area contributed by atoms with Gasteiger partial charge in [0, 0.05) is 19.1 Å². The van der Waals surface area contributed by atoms with E-state index in [9.17, 15) is 5.11 Å². The number of hydrogen-bond donors (Lipinski definition) is 1. The van der Waals surface area contributed by atoms with Crippen molar-refractivity contribution in [3.05, 3.63) is 71.8 Å². The molecule has 0 saturated carbocycles. The highest BCUT2D eigenvalue weighted by Crippen LogP contribution is 2.21. The van der Waals surface area contributed by atoms with Crippen LogP contribution in [0.15, 0.2) is 60.7 Å². The van der Waals surface area contributed by atoms with Crippen molar-refractivity contribution in [2.24, 2.45) is 0 Å². The van der Waals surface area contributed by atoms with Gasteiger partial charge in [-0.1, -0.05) is 152 Å². The fourth-order valence-corrected chi connectivity index (χ4v) is 5.09. The Hall–Kier alpha value is -1.64. The van der Waals surface area contributed by atoms with Crippen LogP contribution in [0.25, 0.3) is 0 Å². The molecule has 1 N–H and O–H groups in total. The molecule has 0 aliphatic heterocycles. The maximum absolute atomic E-state index is 11.2. The molecule has 0 amide bonds. The van der Waals surface area contributed by atoms with Crippen LogP contribution in [-0.2, 0) is 13.1 Å². The average Bonchev–Trinajstić information content (AvgIpc) is 2.86. The molecule has 0 aliphatic rings. The van der Waals surface area contributed by atoms with Gasteiger partial charge in [0.1, 0.15) is 0 Å². The Morgan fingerprint density at radius 3 is 1.41 bits per heavy atom. The number of hydrogen-bond acceptors (Lipinski definition) is 2. The number of nitrogens with zero attached hydrogens (tertiary/aromatic N) is 1. The second-order valence-corrected chi connectivity index (χ2v) is 10.1. The van der Waals surface area contributed by atoms with Crippen molar-refractivity contribution in [3.63, 3.8) is 0 Å². The van der Waals surface area contributed by atoms with E-state index in [1.54, 1.807) is 0 Å². The Bertz CT molecular complexity index is 660. The normalized spacial score (nSPS) is 13.3. The zero-order valence-corrected chi connectivity index (χ0v) is 22.1. The highest BCUT2D eigenvalue weighted by atomic mass is 16.3. The second kappa shape index (κ2) is 18.7. The van der Waals surface area contributed by atoms with Gasteiger partial charge in [-0.15, -0.1) is 0 Å². The van der Waals surface area contributed by atoms with Gasteiger partial charge < -0.3 is 5.11 Å². The minimum atomic E-state index is -0.263. The second-order valence-electron chi connectivity index (χ2n) is 10.1. The van der Waals surface area contributed by atoms with Crippen molar-refractivity contribution < 1.29 is 5.11 Å². The summed E-state index contributed by atoms with van der Waals surface area (Å²) < 4.78 is 0. The van der Waals surface area contributed by atoms with Gasteiger partial charge in [-0.05, 0) is 24.0 Å². The molecule has 2 atom stereocenters. The zero-order chi connectivity index (χ0) is 24.3. The fourth-order valence-electron chi connectivity index (χ4n) is 5.09. The third-order valence-electron chi connectivity index (χ3n) is 7.14. The standard InChI is InChI=1S/C32H51NO/c1-3-5-6-7-8-9-10-11-12-13-14-21-26-32(34)31(4-2)33(27-29-22-17-15-18-23-29)28-30-24-19-16-20-25-30/h15-20,22-25,31-32,34H,3-14,21,26-28H2,1-2H3/t31-,32+/m0/s1. The first-order chi connectivity index (χ1) is 16.7. The first-order valence-corrected chi connectivity index (χ1v) is 14.2. The summed E-state index contributed by atoms with van der Waals surface area (Å²) in [5.74, 6) is 0. The van der Waals surface area contributed by atoms with E-state index in [4.69, 9.17) is 0 Å². The molecule has 0 unspecified atom stereocenters. The number of rotatable bonds is 20. The quantitative estimate of drug-likeness (QED) is 0.197. The molecule has 2 aromatic rings. The SMILES string of the molecule is CCCCCCCCCCCCCC[C@@H](O)[C@H](CC)N(Cc1ccccc1)Cc1ccccc1. The van der Waals surface area contributed by atoms with Crippen LogP contribution in [0.1, 0.15) is 115 Å². The first-order valence-electron chi connectivity index (χ1n) is 14.2. The van der Waals surface area contributed by atoms with Crippen molar-refractivity contribution in [2.45, 2.75) is 129 Å². The van der Waals surface area contributed by atoms with Gasteiger partial charge >= 0.3 is 0 Å². The first kappa shape index (κ1) is 28.6. The summed E-state index contributed by atoms with van der Waals surface area (Å²) in [5.41, 5.74) is 2.63. The molecular weight excluding hydrogens is 414 g/mol. The molecule has 2 rings (SSSR count). The lowest BCUT2D eigenvalue weighted by Crippen LogP contribution is -2.42. The van der Waals surface area contributed by atoms with Crippen LogP contribution in [0, 0.1) is 0 Å². The highest BCUT2D eigenvalue weighted by Gasteiger charge is 2.24. The minimum Gasteiger partial charge on any atom is -0.391 e. The summed E-state index contributed by atoms with van der Waals surface area (Å²) >= 11 is 0. The van der Waals surface area contributed by atoms with Crippen molar-refractivity contribution >= 4 is 0 Å². The Morgan fingerprint density at radius 1 is 0.588 bits per heavy atom. The van der Waals surface area contributed by atoms with Gasteiger partial charge in [-0.25, -0.2) is 0 Å². The van der Waals surface area contributed by atoms with Gasteiger partial charge in [0.2, 0.25) is 0 Å². The van der Waals surface area contributed by atoms with Crippen LogP contribution < -0.4 is 0 Å². The molecule has 2 aromatic carbocycles. The molecular formula is C32H51NO. The van der Waals surface area contributed by atoms with E-state index in [-0.39, 0.29) is 12.1 Å². The Labute approximate surface area is 210 Å². The van der Waals surface area contributed by atoms with Crippen LogP contribution in [-0.4, -0.2) is 22.2 Å². The van der Waals surface area contributed by atoms with E-state index in [0.29, 0.717) is 0 Å². The van der Waals surface area contributed by atoms with Crippen molar-refractivity contribution in [3.8, 4) is 0 Å². The lowest BCUT2D eigenvalue weighted by molar-refractivity contribution is 0.0304. The minimum absolute atomic E-state index is 0.188. The molecule has 0 saturated heterocycles. The van der Waals surface area contributed by atoms with E-state index in [0.717, 1.165) is 32.4 Å². The molecule has 34 heavy (non-hydrogen) atoms. The molecule has 0 aliphatic carbocycles. The maximum atomic E-state index is 11.2. The van der Waals surface area contributed by atoms with Gasteiger partial charge in [0.15, 0.2) is 0 Å². The molecule has 190 valence electrons. The molecule has 0 aromatic heterocycles. The number of aliphatic hydroxyl groups is 1. The summed E-state index contributed by atoms with van der Waals surface area (Å²) in [7, 11) is 0. The largest absolute Gasteiger partial charge is 0.391 e. The van der Waals surface area contributed by atoms with E-state index in [1.807, 2.05) is 0 Å². The van der Waals surface area contributed by atoms with E-state index in [2.05, 4.69) is 79.4 Å². The molecule has 0 fully saturated rings. The zero-order valence-electron chi connectivity index (χ0n) is 22.1. The van der Waals surface area contributed by atoms with Crippen molar-refractivity contribution in [1.29, 1.82) is 0 Å². The van der Waals surface area contributed by atoms with Crippen molar-refractivity contribution in [1.82, 2.24) is 4.90 Å². The predicted molar refractivity (Wildman–Crippen MR) is 148 cm³/mol. The third kappa shape index (κ3) is 12.2. The lowest BCUT2D eigenvalue weighted by atomic mass is 9.98. The molecule has 0 spiro atoms. The molecule has 0 bridgehead atoms. The average molecular weight is 466 g/mol. The van der Waals surface area contributed by atoms with Crippen LogP contribution >= 0.6 is 0 Å². The Morgan fingerprint density at radius 2 is 1.00 bits per heavy atom. The van der Waals surface area contributed by atoms with Gasteiger partial charge in [0.05, 0.1) is 6.10 Å². The van der Waals surface area contributed by atoms with E-state index < -0.39 is 0 Å². The van der Waals surface area contributed by atoms with E-state index >= 15 is 0 Å². The number of benzene rings is 2. The summed E-state index contributed by atoms with van der Waals surface area (Å²) in [5, 5.41) is 11.2. The molecule has 2 nitrogen and oxygen atoms in total. The third-order valence-corrected chi connectivity index (χ3v) is 7.14. The van der Waals surface area contributed by atoms with Gasteiger partial charge in [-0.2, -0.15) is 0 Å². The smallest absolute Gasteiger partial charge is 0.0695 e. The lowest BCUT2D eigenvalue weighted by Gasteiger charge is -2.34. The van der Waals surface area contributed by atoms with Crippen LogP contribution in [0.3, 0.4) is 0 Å². The summed E-state index contributed by atoms with van der Waals surface area (Å²) in [4.78, 5) is 2.48. The highest BCUT2D eigenvalue weighted by molar-refractivity contribution is 5.17. The Kier molecular flexibility index (Phi) is 15.7. The van der Waals surface area contributed by atoms with Crippen molar-refractivity contribution in [2.75, 3.05) is 0 Å². The topological polar surface area (TPSA) is 23.5 Å². The number of aliphatic hydroxyl groups excluding tert-OH is 1. The van der Waals surface area contributed by atoms with Gasteiger partial charge in [-0.3, -0.25) is 4.90 Å².